The third kappa shape index (κ3) is 6.29. The molecule has 0 bridgehead atoms. The number of halogens is 2. The summed E-state index contributed by atoms with van der Waals surface area (Å²) < 4.78 is 6.46. The number of piperidine rings is 1. The Balaban J connectivity index is 1.11. The fourth-order valence-corrected chi connectivity index (χ4v) is 6.74. The molecule has 1 saturated carbocycles. The number of nitrogens with zero attached hydrogens (tertiary/aromatic N) is 2. The van der Waals surface area contributed by atoms with Gasteiger partial charge in [0.15, 0.2) is 0 Å². The lowest BCUT2D eigenvalue weighted by Gasteiger charge is -2.38. The standard InChI is InChI=1S/C33H36Cl2N2O2/c34-28-18-27(19-29(35)21-28)32(25-6-2-1-3-7-25)36-16-12-23(13-17-36)22-39-31-11-10-26(20-30(31)24-8-9-24)33(38)37-14-4-5-15-37/h1-3,6-7,10-11,18-21,23-24,32H,4-5,8-9,12-17,22H2. The summed E-state index contributed by atoms with van der Waals surface area (Å²) in [5.41, 5.74) is 4.42. The van der Waals surface area contributed by atoms with Crippen LogP contribution in [0.1, 0.15) is 77.5 Å². The first kappa shape index (κ1) is 26.7. The van der Waals surface area contributed by atoms with E-state index in [1.54, 1.807) is 6.07 Å². The highest BCUT2D eigenvalue weighted by molar-refractivity contribution is 6.34. The van der Waals surface area contributed by atoms with Gasteiger partial charge < -0.3 is 9.64 Å². The Morgan fingerprint density at radius 1 is 0.821 bits per heavy atom. The Labute approximate surface area is 241 Å². The molecule has 0 radical (unpaired) electrons. The Morgan fingerprint density at radius 3 is 2.18 bits per heavy atom. The molecule has 1 atom stereocenters. The van der Waals surface area contributed by atoms with Gasteiger partial charge in [0.25, 0.3) is 5.91 Å². The van der Waals surface area contributed by atoms with Gasteiger partial charge in [-0.3, -0.25) is 9.69 Å². The van der Waals surface area contributed by atoms with Crippen LogP contribution in [-0.4, -0.2) is 48.5 Å². The molecule has 3 aromatic rings. The zero-order valence-corrected chi connectivity index (χ0v) is 23.8. The highest BCUT2D eigenvalue weighted by Gasteiger charge is 2.31. The number of likely N-dealkylation sites (tertiary alicyclic amines) is 2. The van der Waals surface area contributed by atoms with Crippen molar-refractivity contribution >= 4 is 29.1 Å². The molecule has 0 N–H and O–H groups in total. The molecule has 39 heavy (non-hydrogen) atoms. The molecular formula is C33H36Cl2N2O2. The van der Waals surface area contributed by atoms with E-state index >= 15 is 0 Å². The average Bonchev–Trinajstić information content (AvgIpc) is 3.65. The van der Waals surface area contributed by atoms with Crippen LogP contribution in [0.4, 0.5) is 0 Å². The summed E-state index contributed by atoms with van der Waals surface area (Å²) in [6.07, 6.45) is 6.74. The molecule has 3 aliphatic rings. The minimum atomic E-state index is 0.117. The molecule has 0 spiro atoms. The number of carbonyl (C=O) groups is 1. The molecule has 6 rings (SSSR count). The maximum Gasteiger partial charge on any atom is 0.253 e. The lowest BCUT2D eigenvalue weighted by molar-refractivity contribution is 0.0792. The number of hydrogen-bond donors (Lipinski definition) is 0. The summed E-state index contributed by atoms with van der Waals surface area (Å²) in [5, 5.41) is 1.34. The first-order valence-electron chi connectivity index (χ1n) is 14.4. The summed E-state index contributed by atoms with van der Waals surface area (Å²) in [6.45, 7) is 4.44. The predicted octanol–water partition coefficient (Wildman–Crippen LogP) is 7.99. The van der Waals surface area contributed by atoms with Gasteiger partial charge in [-0.2, -0.15) is 0 Å². The van der Waals surface area contributed by atoms with Crippen LogP contribution in [0.5, 0.6) is 5.75 Å². The Bertz CT molecular complexity index is 1280. The van der Waals surface area contributed by atoms with Crippen molar-refractivity contribution < 1.29 is 9.53 Å². The summed E-state index contributed by atoms with van der Waals surface area (Å²) in [7, 11) is 0. The van der Waals surface area contributed by atoms with E-state index in [0.29, 0.717) is 28.5 Å². The molecule has 0 aromatic heterocycles. The summed E-state index contributed by atoms with van der Waals surface area (Å²) in [5.74, 6) is 2.17. The van der Waals surface area contributed by atoms with Crippen LogP contribution in [0.25, 0.3) is 0 Å². The van der Waals surface area contributed by atoms with Crippen LogP contribution in [0.15, 0.2) is 66.7 Å². The van der Waals surface area contributed by atoms with E-state index in [-0.39, 0.29) is 11.9 Å². The van der Waals surface area contributed by atoms with Crippen molar-refractivity contribution in [1.29, 1.82) is 0 Å². The molecule has 1 aliphatic carbocycles. The molecule has 1 amide bonds. The summed E-state index contributed by atoms with van der Waals surface area (Å²) >= 11 is 12.8. The minimum Gasteiger partial charge on any atom is -0.493 e. The third-order valence-corrected chi connectivity index (χ3v) is 8.91. The SMILES string of the molecule is O=C(c1ccc(OCC2CCN(C(c3ccccc3)c3cc(Cl)cc(Cl)c3)CC2)c(C2CC2)c1)N1CCCC1. The third-order valence-electron chi connectivity index (χ3n) is 8.47. The lowest BCUT2D eigenvalue weighted by atomic mass is 9.91. The van der Waals surface area contributed by atoms with Gasteiger partial charge in [-0.05, 0) is 117 Å². The zero-order chi connectivity index (χ0) is 26.8. The average molecular weight is 564 g/mol. The predicted molar refractivity (Wildman–Crippen MR) is 158 cm³/mol. The summed E-state index contributed by atoms with van der Waals surface area (Å²) in [6, 6.07) is 22.7. The van der Waals surface area contributed by atoms with E-state index < -0.39 is 0 Å². The first-order chi connectivity index (χ1) is 19.0. The van der Waals surface area contributed by atoms with E-state index in [0.717, 1.165) is 68.7 Å². The number of ether oxygens (including phenoxy) is 1. The van der Waals surface area contributed by atoms with Crippen LogP contribution < -0.4 is 4.74 Å². The molecule has 1 unspecified atom stereocenters. The molecule has 4 nitrogen and oxygen atoms in total. The first-order valence-corrected chi connectivity index (χ1v) is 15.1. The van der Waals surface area contributed by atoms with Gasteiger partial charge >= 0.3 is 0 Å². The van der Waals surface area contributed by atoms with Gasteiger partial charge in [0, 0.05) is 28.7 Å². The quantitative estimate of drug-likeness (QED) is 0.279. The van der Waals surface area contributed by atoms with Crippen molar-refractivity contribution in [3.63, 3.8) is 0 Å². The number of rotatable bonds is 8. The van der Waals surface area contributed by atoms with Crippen molar-refractivity contribution in [2.24, 2.45) is 5.92 Å². The highest BCUT2D eigenvalue weighted by Crippen LogP contribution is 2.45. The monoisotopic (exact) mass is 562 g/mol. The van der Waals surface area contributed by atoms with Gasteiger partial charge in [-0.1, -0.05) is 53.5 Å². The minimum absolute atomic E-state index is 0.117. The van der Waals surface area contributed by atoms with Crippen molar-refractivity contribution in [3.05, 3.63) is 99.0 Å². The van der Waals surface area contributed by atoms with Crippen molar-refractivity contribution in [2.75, 3.05) is 32.8 Å². The van der Waals surface area contributed by atoms with E-state index in [2.05, 4.69) is 41.3 Å². The topological polar surface area (TPSA) is 32.8 Å². The van der Waals surface area contributed by atoms with Crippen molar-refractivity contribution in [3.8, 4) is 5.75 Å². The molecule has 2 saturated heterocycles. The maximum absolute atomic E-state index is 13.0. The van der Waals surface area contributed by atoms with Crippen LogP contribution >= 0.6 is 23.2 Å². The van der Waals surface area contributed by atoms with Gasteiger partial charge in [0.05, 0.1) is 12.6 Å². The number of carbonyl (C=O) groups excluding carboxylic acids is 1. The number of hydrogen-bond acceptors (Lipinski definition) is 3. The second kappa shape index (κ2) is 11.9. The van der Waals surface area contributed by atoms with Gasteiger partial charge in [0.2, 0.25) is 0 Å². The fraction of sp³-hybridized carbons (Fsp3) is 0.424. The number of amides is 1. The van der Waals surface area contributed by atoms with E-state index in [1.165, 1.54) is 24.0 Å². The van der Waals surface area contributed by atoms with E-state index in [1.807, 2.05) is 29.2 Å². The van der Waals surface area contributed by atoms with Gasteiger partial charge in [-0.25, -0.2) is 0 Å². The van der Waals surface area contributed by atoms with Crippen LogP contribution in [0, 0.1) is 5.92 Å². The Hall–Kier alpha value is -2.53. The molecule has 204 valence electrons. The van der Waals surface area contributed by atoms with Crippen LogP contribution in [0.2, 0.25) is 10.0 Å². The molecular weight excluding hydrogens is 527 g/mol. The Kier molecular flexibility index (Phi) is 8.15. The van der Waals surface area contributed by atoms with Crippen molar-refractivity contribution in [2.45, 2.75) is 50.5 Å². The second-order valence-electron chi connectivity index (χ2n) is 11.3. The largest absolute Gasteiger partial charge is 0.493 e. The van der Waals surface area contributed by atoms with Gasteiger partial charge in [0.1, 0.15) is 5.75 Å². The van der Waals surface area contributed by atoms with E-state index in [9.17, 15) is 4.79 Å². The molecule has 6 heteroatoms. The summed E-state index contributed by atoms with van der Waals surface area (Å²) in [4.78, 5) is 17.5. The molecule has 2 aliphatic heterocycles. The molecule has 3 aromatic carbocycles. The number of benzene rings is 3. The van der Waals surface area contributed by atoms with Crippen LogP contribution in [-0.2, 0) is 0 Å². The van der Waals surface area contributed by atoms with E-state index in [4.69, 9.17) is 27.9 Å². The zero-order valence-electron chi connectivity index (χ0n) is 22.3. The lowest BCUT2D eigenvalue weighted by Crippen LogP contribution is -2.38. The Morgan fingerprint density at radius 2 is 1.51 bits per heavy atom. The molecule has 2 heterocycles. The highest BCUT2D eigenvalue weighted by atomic mass is 35.5. The van der Waals surface area contributed by atoms with Gasteiger partial charge in [-0.15, -0.1) is 0 Å². The fourth-order valence-electron chi connectivity index (χ4n) is 6.20. The van der Waals surface area contributed by atoms with Crippen LogP contribution in [0.3, 0.4) is 0 Å². The molecule has 3 fully saturated rings. The second-order valence-corrected chi connectivity index (χ2v) is 12.2. The maximum atomic E-state index is 13.0. The smallest absolute Gasteiger partial charge is 0.253 e. The van der Waals surface area contributed by atoms with Crippen molar-refractivity contribution in [1.82, 2.24) is 9.80 Å². The normalized spacial score (nSPS) is 19.3.